The fourth-order valence-electron chi connectivity index (χ4n) is 3.09. The molecule has 2 heterocycles. The monoisotopic (exact) mass is 423 g/mol. The van der Waals surface area contributed by atoms with Crippen molar-refractivity contribution < 1.29 is 4.39 Å². The third-order valence-electron chi connectivity index (χ3n) is 4.69. The zero-order valence-electron chi connectivity index (χ0n) is 16.4. The van der Waals surface area contributed by atoms with Crippen LogP contribution in [0.25, 0.3) is 22.2 Å². The molecule has 0 aliphatic rings. The highest BCUT2D eigenvalue weighted by Crippen LogP contribution is 2.31. The molecule has 4 rings (SSSR count). The highest BCUT2D eigenvalue weighted by atomic mass is 31.1. The van der Waals surface area contributed by atoms with Gasteiger partial charge in [0, 0.05) is 47.7 Å². The number of nitrogens with zero attached hydrogens (tertiary/aromatic N) is 5. The zero-order chi connectivity index (χ0) is 21.3. The van der Waals surface area contributed by atoms with Crippen LogP contribution in [0.15, 0.2) is 53.7 Å². The normalized spacial score (nSPS) is 12.1. The first-order valence-electron chi connectivity index (χ1n) is 9.10. The lowest BCUT2D eigenvalue weighted by atomic mass is 10.1. The Hall–Kier alpha value is -3.45. The summed E-state index contributed by atoms with van der Waals surface area (Å²) in [4.78, 5) is 22.6. The van der Waals surface area contributed by atoms with E-state index < -0.39 is 8.07 Å². The molecule has 0 bridgehead atoms. The van der Waals surface area contributed by atoms with E-state index in [2.05, 4.69) is 25.3 Å². The van der Waals surface area contributed by atoms with E-state index in [0.29, 0.717) is 22.6 Å². The minimum atomic E-state index is -1.05. The van der Waals surface area contributed by atoms with Crippen LogP contribution in [0.5, 0.6) is 0 Å². The molecule has 152 valence electrons. The largest absolute Gasteiger partial charge is 0.381 e. The average Bonchev–Trinajstić information content (AvgIpc) is 3.11. The van der Waals surface area contributed by atoms with Gasteiger partial charge in [-0.15, -0.1) is 4.91 Å². The van der Waals surface area contributed by atoms with Crippen LogP contribution in [0.2, 0.25) is 0 Å². The molecule has 8 nitrogen and oxygen atoms in total. The van der Waals surface area contributed by atoms with Gasteiger partial charge in [0.15, 0.2) is 11.6 Å². The molecule has 0 spiro atoms. The number of halogens is 1. The topological polar surface area (TPSA) is 111 Å². The van der Waals surface area contributed by atoms with E-state index in [1.807, 2.05) is 30.5 Å². The Kier molecular flexibility index (Phi) is 5.37. The lowest BCUT2D eigenvalue weighted by Crippen LogP contribution is -2.08. The Morgan fingerprint density at radius 1 is 1.27 bits per heavy atom. The third kappa shape index (κ3) is 3.97. The number of hydrogen-bond donors (Lipinski definition) is 2. The van der Waals surface area contributed by atoms with Gasteiger partial charge < -0.3 is 11.1 Å². The number of nitrogen functional groups attached to an aromatic ring is 1. The molecule has 2 aromatic carbocycles. The highest BCUT2D eigenvalue weighted by Gasteiger charge is 2.11. The maximum Gasteiger partial charge on any atom is 0.169 e. The quantitative estimate of drug-likeness (QED) is 0.361. The Labute approximate surface area is 173 Å². The lowest BCUT2D eigenvalue weighted by molar-refractivity contribution is 0.614. The van der Waals surface area contributed by atoms with E-state index in [-0.39, 0.29) is 18.2 Å². The van der Waals surface area contributed by atoms with Crippen LogP contribution < -0.4 is 16.4 Å². The minimum absolute atomic E-state index is 0.197. The second-order valence-electron chi connectivity index (χ2n) is 6.80. The van der Waals surface area contributed by atoms with Gasteiger partial charge in [-0.3, -0.25) is 4.68 Å². The number of nitroso groups, excluding NO2 is 1. The van der Waals surface area contributed by atoms with Gasteiger partial charge in [-0.1, -0.05) is 24.3 Å². The smallest absolute Gasteiger partial charge is 0.169 e. The van der Waals surface area contributed by atoms with Gasteiger partial charge in [-0.25, -0.2) is 14.4 Å². The van der Waals surface area contributed by atoms with E-state index >= 15 is 0 Å². The molecule has 2 aromatic heterocycles. The Bertz CT molecular complexity index is 1230. The third-order valence-corrected chi connectivity index (χ3v) is 5.98. The van der Waals surface area contributed by atoms with Crippen molar-refractivity contribution in [2.24, 2.45) is 12.0 Å². The van der Waals surface area contributed by atoms with Crippen LogP contribution in [0, 0.1) is 10.7 Å². The molecule has 0 saturated heterocycles. The molecule has 0 saturated carbocycles. The molecule has 0 radical (unpaired) electrons. The first-order chi connectivity index (χ1) is 14.4. The molecule has 0 aliphatic heterocycles. The predicted molar refractivity (Wildman–Crippen MR) is 118 cm³/mol. The molecule has 1 atom stereocenters. The van der Waals surface area contributed by atoms with Crippen LogP contribution in [0.3, 0.4) is 0 Å². The summed E-state index contributed by atoms with van der Waals surface area (Å²) < 4.78 is 16.1. The number of hydrogen-bond acceptors (Lipinski definition) is 7. The van der Waals surface area contributed by atoms with Crippen molar-refractivity contribution in [3.05, 3.63) is 65.1 Å². The fourth-order valence-corrected chi connectivity index (χ4v) is 3.77. The SMILES string of the molecule is Cn1cc2cc(CNc3nc(-c4ccc(P(C)N=O)cc4)cnc3N)c(F)cc2n1. The summed E-state index contributed by atoms with van der Waals surface area (Å²) in [6, 6.07) is 10.6. The summed E-state index contributed by atoms with van der Waals surface area (Å²) in [6.07, 6.45) is 3.41. The summed E-state index contributed by atoms with van der Waals surface area (Å²) in [5.74, 6) is 0.238. The number of rotatable bonds is 6. The van der Waals surface area contributed by atoms with Gasteiger partial charge in [0.25, 0.3) is 0 Å². The number of anilines is 2. The van der Waals surface area contributed by atoms with Gasteiger partial charge in [-0.2, -0.15) is 5.10 Å². The van der Waals surface area contributed by atoms with Gasteiger partial charge in [0.1, 0.15) is 5.82 Å². The standard InChI is InChI=1S/C20H19FN7OP/c1-28-11-14-7-13(16(21)8-17(14)26-28)9-24-20-19(22)23-10-18(25-20)12-3-5-15(6-4-12)30(2)27-29/h3-8,10-11H,9H2,1-2H3,(H2,22,23)(H,24,25). The van der Waals surface area contributed by atoms with E-state index in [0.717, 1.165) is 16.3 Å². The maximum absolute atomic E-state index is 14.4. The molecular weight excluding hydrogens is 404 g/mol. The molecule has 0 fully saturated rings. The number of fused-ring (bicyclic) bond motifs is 1. The van der Waals surface area contributed by atoms with Gasteiger partial charge in [-0.05, 0) is 17.7 Å². The van der Waals surface area contributed by atoms with Crippen molar-refractivity contribution in [3.63, 3.8) is 0 Å². The number of benzene rings is 2. The molecule has 10 heteroatoms. The molecule has 4 aromatic rings. The van der Waals surface area contributed by atoms with E-state index in [4.69, 9.17) is 5.73 Å². The average molecular weight is 423 g/mol. The van der Waals surface area contributed by atoms with E-state index in [1.54, 1.807) is 30.7 Å². The second kappa shape index (κ2) is 8.12. The van der Waals surface area contributed by atoms with E-state index in [1.165, 1.54) is 6.07 Å². The van der Waals surface area contributed by atoms with Gasteiger partial charge in [0.05, 0.1) is 25.5 Å². The summed E-state index contributed by atoms with van der Waals surface area (Å²) in [7, 11) is 0.740. The Balaban J connectivity index is 1.56. The number of aryl methyl sites for hydroxylation is 1. The summed E-state index contributed by atoms with van der Waals surface area (Å²) in [6.45, 7) is 1.99. The first-order valence-corrected chi connectivity index (χ1v) is 10.8. The Morgan fingerprint density at radius 3 is 2.77 bits per heavy atom. The van der Waals surface area contributed by atoms with Crippen molar-refractivity contribution in [3.8, 4) is 11.3 Å². The summed E-state index contributed by atoms with van der Waals surface area (Å²) >= 11 is 0. The van der Waals surface area contributed by atoms with Crippen molar-refractivity contribution in [1.82, 2.24) is 19.7 Å². The molecular formula is C20H19FN7OP. The lowest BCUT2D eigenvalue weighted by Gasteiger charge is -2.11. The van der Waals surface area contributed by atoms with Crippen molar-refractivity contribution in [2.75, 3.05) is 17.7 Å². The molecule has 0 amide bonds. The number of nitrogens with one attached hydrogen (secondary N) is 1. The van der Waals surface area contributed by atoms with Crippen molar-refractivity contribution in [1.29, 1.82) is 0 Å². The van der Waals surface area contributed by atoms with Crippen LogP contribution in [-0.2, 0) is 13.6 Å². The van der Waals surface area contributed by atoms with E-state index in [9.17, 15) is 9.30 Å². The number of nitrogens with two attached hydrogens (primary N) is 1. The molecule has 1 unspecified atom stereocenters. The Morgan fingerprint density at radius 2 is 2.03 bits per heavy atom. The van der Waals surface area contributed by atoms with Crippen molar-refractivity contribution >= 4 is 35.9 Å². The second-order valence-corrected chi connectivity index (χ2v) is 8.53. The molecule has 3 N–H and O–H groups in total. The van der Waals surface area contributed by atoms with Crippen LogP contribution in [0.1, 0.15) is 5.56 Å². The zero-order valence-corrected chi connectivity index (χ0v) is 17.3. The fraction of sp³-hybridized carbons (Fsp3) is 0.150. The van der Waals surface area contributed by atoms with Crippen LogP contribution in [-0.4, -0.2) is 26.4 Å². The predicted octanol–water partition coefficient (Wildman–Crippen LogP) is 3.78. The minimum Gasteiger partial charge on any atom is -0.381 e. The van der Waals surface area contributed by atoms with Crippen molar-refractivity contribution in [2.45, 2.75) is 6.54 Å². The van der Waals surface area contributed by atoms with Crippen LogP contribution in [0.4, 0.5) is 16.0 Å². The molecule has 30 heavy (non-hydrogen) atoms. The molecule has 0 aliphatic carbocycles. The van der Waals surface area contributed by atoms with Crippen LogP contribution >= 0.6 is 8.07 Å². The number of aromatic nitrogens is 4. The maximum atomic E-state index is 14.4. The summed E-state index contributed by atoms with van der Waals surface area (Å²) in [5.41, 5.74) is 8.47. The summed E-state index contributed by atoms with van der Waals surface area (Å²) in [5, 5.41) is 9.01. The first kappa shape index (κ1) is 19.8. The van der Waals surface area contributed by atoms with Gasteiger partial charge in [0.2, 0.25) is 0 Å². The highest BCUT2D eigenvalue weighted by molar-refractivity contribution is 7.63. The van der Waals surface area contributed by atoms with Gasteiger partial charge >= 0.3 is 0 Å².